The highest BCUT2D eigenvalue weighted by Gasteiger charge is 2.07. The summed E-state index contributed by atoms with van der Waals surface area (Å²) in [6.07, 6.45) is 0. The molecular weight excluding hydrogens is 210 g/mol. The number of aryl methyl sites for hydroxylation is 2. The Morgan fingerprint density at radius 3 is 2.47 bits per heavy atom. The highest BCUT2D eigenvalue weighted by atomic mass is 32.2. The van der Waals surface area contributed by atoms with Crippen LogP contribution < -0.4 is 5.32 Å². The molecule has 1 aromatic heterocycles. The summed E-state index contributed by atoms with van der Waals surface area (Å²) in [7, 11) is 1.84. The van der Waals surface area contributed by atoms with E-state index in [1.807, 2.05) is 27.0 Å². The molecule has 5 heteroatoms. The highest BCUT2D eigenvalue weighted by molar-refractivity contribution is 7.99. The first-order valence-electron chi connectivity index (χ1n) is 4.89. The lowest BCUT2D eigenvalue weighted by molar-refractivity contribution is 0.260. The van der Waals surface area contributed by atoms with Crippen LogP contribution in [0, 0.1) is 13.8 Å². The van der Waals surface area contributed by atoms with Gasteiger partial charge in [-0.05, 0) is 27.0 Å². The van der Waals surface area contributed by atoms with Crippen molar-refractivity contribution in [2.24, 2.45) is 0 Å². The number of thioether (sulfide) groups is 1. The number of hydrogen-bond acceptors (Lipinski definition) is 5. The average Bonchev–Trinajstić information content (AvgIpc) is 2.18. The third-order valence-electron chi connectivity index (χ3n) is 2.00. The minimum atomic E-state index is 0.0967. The van der Waals surface area contributed by atoms with E-state index in [1.54, 1.807) is 11.8 Å². The van der Waals surface area contributed by atoms with Gasteiger partial charge in [0.2, 0.25) is 0 Å². The first-order chi connectivity index (χ1) is 7.15. The number of aliphatic hydroxyl groups excluding tert-OH is 1. The first kappa shape index (κ1) is 12.4. The van der Waals surface area contributed by atoms with E-state index >= 15 is 0 Å². The predicted molar refractivity (Wildman–Crippen MR) is 62.2 cm³/mol. The van der Waals surface area contributed by atoms with Crippen molar-refractivity contribution >= 4 is 11.8 Å². The molecule has 1 rings (SSSR count). The summed E-state index contributed by atoms with van der Waals surface area (Å²) in [6, 6.07) is 2.05. The van der Waals surface area contributed by atoms with Gasteiger partial charge in [0.05, 0.1) is 6.61 Å². The maximum atomic E-state index is 9.00. The molecule has 0 aliphatic rings. The van der Waals surface area contributed by atoms with Gasteiger partial charge >= 0.3 is 0 Å². The molecular formula is C10H17N3OS. The molecule has 2 N–H and O–H groups in total. The van der Waals surface area contributed by atoms with Gasteiger partial charge in [-0.15, -0.1) is 0 Å². The number of aromatic nitrogens is 2. The minimum Gasteiger partial charge on any atom is -0.395 e. The molecule has 0 aliphatic carbocycles. The van der Waals surface area contributed by atoms with E-state index in [0.717, 1.165) is 22.3 Å². The second-order valence-electron chi connectivity index (χ2n) is 3.41. The number of hydrogen-bond donors (Lipinski definition) is 2. The molecule has 1 heterocycles. The van der Waals surface area contributed by atoms with Crippen LogP contribution in [0.4, 0.5) is 0 Å². The van der Waals surface area contributed by atoms with Crippen molar-refractivity contribution < 1.29 is 5.11 Å². The van der Waals surface area contributed by atoms with E-state index in [-0.39, 0.29) is 12.6 Å². The van der Waals surface area contributed by atoms with Gasteiger partial charge in [-0.2, -0.15) is 0 Å². The van der Waals surface area contributed by atoms with Crippen LogP contribution in [-0.2, 0) is 0 Å². The SMILES string of the molecule is CNC(CO)CSc1nc(C)cc(C)n1. The number of nitrogens with zero attached hydrogens (tertiary/aromatic N) is 2. The maximum Gasteiger partial charge on any atom is 0.188 e. The van der Waals surface area contributed by atoms with Gasteiger partial charge < -0.3 is 10.4 Å². The monoisotopic (exact) mass is 227 g/mol. The predicted octanol–water partition coefficient (Wildman–Crippen LogP) is 0.766. The Morgan fingerprint density at radius 2 is 2.00 bits per heavy atom. The Labute approximate surface area is 94.5 Å². The van der Waals surface area contributed by atoms with Gasteiger partial charge in [0.15, 0.2) is 5.16 Å². The third-order valence-corrected chi connectivity index (χ3v) is 3.01. The van der Waals surface area contributed by atoms with Gasteiger partial charge in [0.1, 0.15) is 0 Å². The molecule has 0 aliphatic heterocycles. The van der Waals surface area contributed by atoms with E-state index in [0.29, 0.717) is 0 Å². The molecule has 0 fully saturated rings. The highest BCUT2D eigenvalue weighted by Crippen LogP contribution is 2.14. The molecule has 15 heavy (non-hydrogen) atoms. The molecule has 0 saturated carbocycles. The molecule has 0 saturated heterocycles. The third kappa shape index (κ3) is 4.15. The molecule has 0 amide bonds. The molecule has 1 atom stereocenters. The minimum absolute atomic E-state index is 0.0967. The zero-order chi connectivity index (χ0) is 11.3. The Bertz CT molecular complexity index is 295. The molecule has 0 radical (unpaired) electrons. The number of likely N-dealkylation sites (N-methyl/N-ethyl adjacent to an activating group) is 1. The lowest BCUT2D eigenvalue weighted by Crippen LogP contribution is -2.31. The van der Waals surface area contributed by atoms with Crippen molar-refractivity contribution in [1.82, 2.24) is 15.3 Å². The lowest BCUT2D eigenvalue weighted by Gasteiger charge is -2.11. The fraction of sp³-hybridized carbons (Fsp3) is 0.600. The summed E-state index contributed by atoms with van der Waals surface area (Å²) in [5.41, 5.74) is 1.96. The fourth-order valence-electron chi connectivity index (χ4n) is 1.16. The van der Waals surface area contributed by atoms with Gasteiger partial charge in [-0.3, -0.25) is 0 Å². The summed E-state index contributed by atoms with van der Waals surface area (Å²) >= 11 is 1.56. The zero-order valence-electron chi connectivity index (χ0n) is 9.32. The Hall–Kier alpha value is -0.650. The van der Waals surface area contributed by atoms with E-state index in [4.69, 9.17) is 5.11 Å². The van der Waals surface area contributed by atoms with Crippen molar-refractivity contribution in [2.45, 2.75) is 25.0 Å². The average molecular weight is 227 g/mol. The maximum absolute atomic E-state index is 9.00. The van der Waals surface area contributed by atoms with Gasteiger partial charge in [-0.25, -0.2) is 9.97 Å². The van der Waals surface area contributed by atoms with Crippen LogP contribution in [0.5, 0.6) is 0 Å². The van der Waals surface area contributed by atoms with Gasteiger partial charge in [0.25, 0.3) is 0 Å². The molecule has 1 aromatic rings. The lowest BCUT2D eigenvalue weighted by atomic mass is 10.4. The second-order valence-corrected chi connectivity index (χ2v) is 4.40. The first-order valence-corrected chi connectivity index (χ1v) is 5.87. The molecule has 4 nitrogen and oxygen atoms in total. The van der Waals surface area contributed by atoms with Gasteiger partial charge in [0, 0.05) is 23.2 Å². The van der Waals surface area contributed by atoms with Gasteiger partial charge in [-0.1, -0.05) is 11.8 Å². The Morgan fingerprint density at radius 1 is 1.40 bits per heavy atom. The van der Waals surface area contributed by atoms with Crippen LogP contribution in [0.1, 0.15) is 11.4 Å². The molecule has 0 aromatic carbocycles. The van der Waals surface area contributed by atoms with Crippen molar-refractivity contribution in [3.8, 4) is 0 Å². The number of rotatable bonds is 5. The Balaban J connectivity index is 2.57. The summed E-state index contributed by atoms with van der Waals surface area (Å²) in [6.45, 7) is 4.05. The van der Waals surface area contributed by atoms with Crippen LogP contribution >= 0.6 is 11.8 Å². The number of aliphatic hydroxyl groups is 1. The largest absolute Gasteiger partial charge is 0.395 e. The van der Waals surface area contributed by atoms with Crippen LogP contribution in [0.25, 0.3) is 0 Å². The standard InChI is InChI=1S/C10H17N3OS/c1-7-4-8(2)13-10(12-7)15-6-9(5-14)11-3/h4,9,11,14H,5-6H2,1-3H3. The fourth-order valence-corrected chi connectivity index (χ4v) is 2.20. The van der Waals surface area contributed by atoms with E-state index in [2.05, 4.69) is 15.3 Å². The summed E-state index contributed by atoms with van der Waals surface area (Å²) in [5.74, 6) is 0.774. The molecule has 0 spiro atoms. The number of nitrogens with one attached hydrogen (secondary N) is 1. The van der Waals surface area contributed by atoms with Crippen molar-refractivity contribution in [2.75, 3.05) is 19.4 Å². The topological polar surface area (TPSA) is 58.0 Å². The normalized spacial score (nSPS) is 12.8. The van der Waals surface area contributed by atoms with Crippen molar-refractivity contribution in [3.63, 3.8) is 0 Å². The van der Waals surface area contributed by atoms with Crippen molar-refractivity contribution in [1.29, 1.82) is 0 Å². The zero-order valence-corrected chi connectivity index (χ0v) is 10.1. The molecule has 1 unspecified atom stereocenters. The van der Waals surface area contributed by atoms with Crippen LogP contribution in [-0.4, -0.2) is 40.5 Å². The summed E-state index contributed by atoms with van der Waals surface area (Å²) in [5, 5.41) is 12.8. The molecule has 0 bridgehead atoms. The second kappa shape index (κ2) is 6.05. The van der Waals surface area contributed by atoms with Crippen LogP contribution in [0.3, 0.4) is 0 Å². The van der Waals surface area contributed by atoms with Crippen LogP contribution in [0.2, 0.25) is 0 Å². The quantitative estimate of drug-likeness (QED) is 0.574. The van der Waals surface area contributed by atoms with E-state index in [1.165, 1.54) is 0 Å². The Kier molecular flexibility index (Phi) is 5.01. The summed E-state index contributed by atoms with van der Waals surface area (Å²) < 4.78 is 0. The van der Waals surface area contributed by atoms with Crippen molar-refractivity contribution in [3.05, 3.63) is 17.5 Å². The van der Waals surface area contributed by atoms with E-state index in [9.17, 15) is 0 Å². The molecule has 84 valence electrons. The smallest absolute Gasteiger partial charge is 0.188 e. The van der Waals surface area contributed by atoms with Crippen LogP contribution in [0.15, 0.2) is 11.2 Å². The summed E-state index contributed by atoms with van der Waals surface area (Å²) in [4.78, 5) is 8.63. The van der Waals surface area contributed by atoms with E-state index < -0.39 is 0 Å².